The van der Waals surface area contributed by atoms with Crippen LogP contribution in [0.5, 0.6) is 5.75 Å². The van der Waals surface area contributed by atoms with E-state index in [2.05, 4.69) is 22.8 Å². The molecule has 2 rings (SSSR count). The summed E-state index contributed by atoms with van der Waals surface area (Å²) in [5.41, 5.74) is 3.28. The summed E-state index contributed by atoms with van der Waals surface area (Å²) in [6, 6.07) is 15.9. The standard InChI is InChI=1S/C19H24N2O2/c1-15-3-7-17(8-4-15)21-19(22)12-14-20-13-11-16-5-9-18(23-2)10-6-16/h3-10,20H,11-14H2,1-2H3,(H,21,22). The van der Waals surface area contributed by atoms with Gasteiger partial charge >= 0.3 is 0 Å². The van der Waals surface area contributed by atoms with E-state index in [9.17, 15) is 4.79 Å². The van der Waals surface area contributed by atoms with Gasteiger partial charge in [0.1, 0.15) is 5.75 Å². The van der Waals surface area contributed by atoms with Gasteiger partial charge in [-0.1, -0.05) is 29.8 Å². The van der Waals surface area contributed by atoms with Gasteiger partial charge in [0, 0.05) is 18.7 Å². The molecule has 4 nitrogen and oxygen atoms in total. The van der Waals surface area contributed by atoms with Crippen molar-refractivity contribution in [2.75, 3.05) is 25.5 Å². The lowest BCUT2D eigenvalue weighted by Crippen LogP contribution is -2.23. The number of anilines is 1. The van der Waals surface area contributed by atoms with Gasteiger partial charge in [-0.25, -0.2) is 0 Å². The maximum absolute atomic E-state index is 11.8. The molecule has 0 aliphatic rings. The first-order chi connectivity index (χ1) is 11.2. The molecule has 0 bridgehead atoms. The number of aryl methyl sites for hydroxylation is 1. The lowest BCUT2D eigenvalue weighted by molar-refractivity contribution is -0.116. The molecular weight excluding hydrogens is 288 g/mol. The van der Waals surface area contributed by atoms with E-state index in [1.165, 1.54) is 11.1 Å². The number of hydrogen-bond donors (Lipinski definition) is 2. The van der Waals surface area contributed by atoms with Crippen molar-refractivity contribution in [3.63, 3.8) is 0 Å². The quantitative estimate of drug-likeness (QED) is 0.736. The molecular formula is C19H24N2O2. The molecule has 0 unspecified atom stereocenters. The number of methoxy groups -OCH3 is 1. The van der Waals surface area contributed by atoms with Crippen LogP contribution in [0.4, 0.5) is 5.69 Å². The van der Waals surface area contributed by atoms with E-state index in [1.54, 1.807) is 7.11 Å². The Labute approximate surface area is 137 Å². The summed E-state index contributed by atoms with van der Waals surface area (Å²) in [5, 5.41) is 6.19. The number of ether oxygens (including phenoxy) is 1. The smallest absolute Gasteiger partial charge is 0.225 e. The molecule has 0 aromatic heterocycles. The topological polar surface area (TPSA) is 50.4 Å². The molecule has 0 radical (unpaired) electrons. The van der Waals surface area contributed by atoms with Crippen LogP contribution in [0.3, 0.4) is 0 Å². The minimum atomic E-state index is 0.0331. The molecule has 0 spiro atoms. The molecule has 0 heterocycles. The van der Waals surface area contributed by atoms with Gasteiger partial charge < -0.3 is 15.4 Å². The van der Waals surface area contributed by atoms with Gasteiger partial charge in [0.25, 0.3) is 0 Å². The third kappa shape index (κ3) is 6.12. The SMILES string of the molecule is COc1ccc(CCNCCC(=O)Nc2ccc(C)cc2)cc1. The Morgan fingerprint density at radius 2 is 1.70 bits per heavy atom. The lowest BCUT2D eigenvalue weighted by atomic mass is 10.1. The second kappa shape index (κ2) is 8.96. The van der Waals surface area contributed by atoms with Gasteiger partial charge in [-0.15, -0.1) is 0 Å². The van der Waals surface area contributed by atoms with E-state index in [0.717, 1.165) is 24.4 Å². The zero-order chi connectivity index (χ0) is 16.5. The molecule has 2 aromatic carbocycles. The van der Waals surface area contributed by atoms with Crippen LogP contribution in [-0.4, -0.2) is 26.1 Å². The van der Waals surface area contributed by atoms with Crippen molar-refractivity contribution in [2.45, 2.75) is 19.8 Å². The number of carbonyl (C=O) groups is 1. The Hall–Kier alpha value is -2.33. The van der Waals surface area contributed by atoms with Crippen LogP contribution in [0.2, 0.25) is 0 Å². The Balaban J connectivity index is 1.61. The molecule has 23 heavy (non-hydrogen) atoms. The fourth-order valence-corrected chi connectivity index (χ4v) is 2.21. The molecule has 0 aliphatic carbocycles. The van der Waals surface area contributed by atoms with Crippen molar-refractivity contribution in [1.29, 1.82) is 0 Å². The largest absolute Gasteiger partial charge is 0.497 e. The van der Waals surface area contributed by atoms with E-state index in [0.29, 0.717) is 13.0 Å². The van der Waals surface area contributed by atoms with Gasteiger partial charge in [0.05, 0.1) is 7.11 Å². The maximum Gasteiger partial charge on any atom is 0.225 e. The van der Waals surface area contributed by atoms with Gasteiger partial charge in [0.2, 0.25) is 5.91 Å². The van der Waals surface area contributed by atoms with Crippen molar-refractivity contribution < 1.29 is 9.53 Å². The molecule has 0 saturated heterocycles. The van der Waals surface area contributed by atoms with Gasteiger partial charge in [0.15, 0.2) is 0 Å². The normalized spacial score (nSPS) is 10.3. The summed E-state index contributed by atoms with van der Waals surface area (Å²) in [7, 11) is 1.66. The number of rotatable bonds is 8. The van der Waals surface area contributed by atoms with Gasteiger partial charge in [-0.05, 0) is 49.7 Å². The zero-order valence-corrected chi connectivity index (χ0v) is 13.8. The van der Waals surface area contributed by atoms with E-state index in [-0.39, 0.29) is 5.91 Å². The summed E-state index contributed by atoms with van der Waals surface area (Å²) in [5.74, 6) is 0.903. The van der Waals surface area contributed by atoms with E-state index in [1.807, 2.05) is 43.3 Å². The third-order valence-corrected chi connectivity index (χ3v) is 3.61. The highest BCUT2D eigenvalue weighted by molar-refractivity contribution is 5.90. The van der Waals surface area contributed by atoms with Crippen molar-refractivity contribution in [3.8, 4) is 5.75 Å². The predicted molar refractivity (Wildman–Crippen MR) is 94.0 cm³/mol. The number of amides is 1. The average molecular weight is 312 g/mol. The average Bonchev–Trinajstić information content (AvgIpc) is 2.57. The molecule has 0 saturated carbocycles. The van der Waals surface area contributed by atoms with E-state index >= 15 is 0 Å². The summed E-state index contributed by atoms with van der Waals surface area (Å²) < 4.78 is 5.13. The van der Waals surface area contributed by atoms with Crippen LogP contribution in [0.15, 0.2) is 48.5 Å². The highest BCUT2D eigenvalue weighted by atomic mass is 16.5. The van der Waals surface area contributed by atoms with Crippen LogP contribution < -0.4 is 15.4 Å². The van der Waals surface area contributed by atoms with Crippen molar-refractivity contribution in [1.82, 2.24) is 5.32 Å². The van der Waals surface area contributed by atoms with Gasteiger partial charge in [-0.2, -0.15) is 0 Å². The molecule has 2 aromatic rings. The highest BCUT2D eigenvalue weighted by Gasteiger charge is 2.02. The fraction of sp³-hybridized carbons (Fsp3) is 0.316. The zero-order valence-electron chi connectivity index (χ0n) is 13.8. The first-order valence-corrected chi connectivity index (χ1v) is 7.87. The van der Waals surface area contributed by atoms with Gasteiger partial charge in [-0.3, -0.25) is 4.79 Å². The summed E-state index contributed by atoms with van der Waals surface area (Å²) in [6.07, 6.45) is 1.40. The number of carbonyl (C=O) groups excluding carboxylic acids is 1. The van der Waals surface area contributed by atoms with E-state index < -0.39 is 0 Å². The minimum Gasteiger partial charge on any atom is -0.497 e. The lowest BCUT2D eigenvalue weighted by Gasteiger charge is -2.07. The summed E-state index contributed by atoms with van der Waals surface area (Å²) in [4.78, 5) is 11.8. The first-order valence-electron chi connectivity index (χ1n) is 7.87. The van der Waals surface area contributed by atoms with Crippen LogP contribution in [0.25, 0.3) is 0 Å². The number of benzene rings is 2. The molecule has 0 atom stereocenters. The Morgan fingerprint density at radius 3 is 2.35 bits per heavy atom. The fourth-order valence-electron chi connectivity index (χ4n) is 2.21. The van der Waals surface area contributed by atoms with Crippen LogP contribution >= 0.6 is 0 Å². The molecule has 4 heteroatoms. The van der Waals surface area contributed by atoms with Crippen molar-refractivity contribution in [2.24, 2.45) is 0 Å². The van der Waals surface area contributed by atoms with Crippen molar-refractivity contribution in [3.05, 3.63) is 59.7 Å². The third-order valence-electron chi connectivity index (χ3n) is 3.61. The Bertz CT molecular complexity index is 606. The summed E-state index contributed by atoms with van der Waals surface area (Å²) >= 11 is 0. The first kappa shape index (κ1) is 17.0. The molecule has 1 amide bonds. The molecule has 0 aliphatic heterocycles. The van der Waals surface area contributed by atoms with Crippen LogP contribution in [0, 0.1) is 6.92 Å². The second-order valence-corrected chi connectivity index (χ2v) is 5.51. The van der Waals surface area contributed by atoms with E-state index in [4.69, 9.17) is 4.74 Å². The Kier molecular flexibility index (Phi) is 6.63. The Morgan fingerprint density at radius 1 is 1.00 bits per heavy atom. The minimum absolute atomic E-state index is 0.0331. The van der Waals surface area contributed by atoms with Crippen LogP contribution in [-0.2, 0) is 11.2 Å². The summed E-state index contributed by atoms with van der Waals surface area (Å²) in [6.45, 7) is 3.55. The van der Waals surface area contributed by atoms with Crippen molar-refractivity contribution >= 4 is 11.6 Å². The van der Waals surface area contributed by atoms with Crippen LogP contribution in [0.1, 0.15) is 17.5 Å². The predicted octanol–water partition coefficient (Wildman–Crippen LogP) is 3.16. The molecule has 122 valence electrons. The molecule has 2 N–H and O–H groups in total. The maximum atomic E-state index is 11.8. The second-order valence-electron chi connectivity index (χ2n) is 5.51. The number of nitrogens with one attached hydrogen (secondary N) is 2. The molecule has 0 fully saturated rings. The number of hydrogen-bond acceptors (Lipinski definition) is 3. The highest BCUT2D eigenvalue weighted by Crippen LogP contribution is 2.11. The monoisotopic (exact) mass is 312 g/mol.